The van der Waals surface area contributed by atoms with Crippen LogP contribution in [0.5, 0.6) is 0 Å². The molecule has 0 bridgehead atoms. The fourth-order valence-corrected chi connectivity index (χ4v) is 3.66. The zero-order chi connectivity index (χ0) is 20.7. The molecule has 0 radical (unpaired) electrons. The van der Waals surface area contributed by atoms with E-state index in [4.69, 9.17) is 0 Å². The average molecular weight is 392 g/mol. The van der Waals surface area contributed by atoms with E-state index in [1.807, 2.05) is 17.0 Å². The lowest BCUT2D eigenvalue weighted by Gasteiger charge is -2.34. The Morgan fingerprint density at radius 3 is 2.31 bits per heavy atom. The van der Waals surface area contributed by atoms with Gasteiger partial charge in [-0.25, -0.2) is 0 Å². The van der Waals surface area contributed by atoms with E-state index < -0.39 is 0 Å². The Bertz CT molecular complexity index is 815. The first-order valence-corrected chi connectivity index (χ1v) is 10.5. The summed E-state index contributed by atoms with van der Waals surface area (Å²) in [5, 5.41) is 3.36. The van der Waals surface area contributed by atoms with Gasteiger partial charge in [-0.3, -0.25) is 9.69 Å². The zero-order valence-electron chi connectivity index (χ0n) is 17.9. The summed E-state index contributed by atoms with van der Waals surface area (Å²) in [4.78, 5) is 17.0. The van der Waals surface area contributed by atoms with Crippen molar-refractivity contribution < 1.29 is 4.79 Å². The van der Waals surface area contributed by atoms with Crippen LogP contribution >= 0.6 is 0 Å². The fourth-order valence-electron chi connectivity index (χ4n) is 3.66. The Labute approximate surface area is 175 Å². The minimum atomic E-state index is 0.0472. The molecule has 1 aliphatic heterocycles. The number of rotatable bonds is 6. The molecule has 2 aromatic carbocycles. The van der Waals surface area contributed by atoms with Crippen molar-refractivity contribution in [2.45, 2.75) is 26.2 Å². The molecule has 0 saturated carbocycles. The van der Waals surface area contributed by atoms with Crippen LogP contribution in [0.1, 0.15) is 31.9 Å². The molecule has 154 valence electrons. The minimum Gasteiger partial charge on any atom is -0.376 e. The third-order valence-electron chi connectivity index (χ3n) is 5.36. The van der Waals surface area contributed by atoms with Crippen molar-refractivity contribution >= 4 is 17.7 Å². The molecule has 2 aromatic rings. The van der Waals surface area contributed by atoms with Crippen LogP contribution in [0.4, 0.5) is 5.69 Å². The van der Waals surface area contributed by atoms with E-state index >= 15 is 0 Å². The summed E-state index contributed by atoms with van der Waals surface area (Å²) in [5.41, 5.74) is 3.56. The maximum absolute atomic E-state index is 12.7. The Morgan fingerprint density at radius 1 is 0.966 bits per heavy atom. The van der Waals surface area contributed by atoms with Crippen LogP contribution in [0.25, 0.3) is 6.08 Å². The maximum Gasteiger partial charge on any atom is 0.241 e. The highest BCUT2D eigenvalue weighted by Crippen LogP contribution is 2.29. The lowest BCUT2D eigenvalue weighted by molar-refractivity contribution is -0.130. The normalized spacial score (nSPS) is 15.6. The van der Waals surface area contributed by atoms with E-state index in [9.17, 15) is 4.79 Å². The lowest BCUT2D eigenvalue weighted by atomic mass is 9.86. The standard InChI is InChI=1S/C25H33N3O/c1-25(2,3)22-13-7-8-14-23(22)26-20-24(29)28-18-16-27(17-19-28)15-9-12-21-10-5-4-6-11-21/h4-14,26H,15-20H2,1-3H3/b12-9+. The molecule has 1 aliphatic rings. The van der Waals surface area contributed by atoms with Crippen molar-refractivity contribution in [3.63, 3.8) is 0 Å². The van der Waals surface area contributed by atoms with E-state index in [-0.39, 0.29) is 11.3 Å². The topological polar surface area (TPSA) is 35.6 Å². The number of carbonyl (C=O) groups is 1. The third-order valence-corrected chi connectivity index (χ3v) is 5.36. The summed E-state index contributed by atoms with van der Waals surface area (Å²) in [6.07, 6.45) is 4.37. The van der Waals surface area contributed by atoms with Crippen molar-refractivity contribution in [2.24, 2.45) is 0 Å². The van der Waals surface area contributed by atoms with Gasteiger partial charge in [0.15, 0.2) is 0 Å². The van der Waals surface area contributed by atoms with Crippen LogP contribution in [-0.2, 0) is 10.2 Å². The Kier molecular flexibility index (Phi) is 7.10. The molecule has 0 aromatic heterocycles. The SMILES string of the molecule is CC(C)(C)c1ccccc1NCC(=O)N1CCN(C/C=C/c2ccccc2)CC1. The molecule has 0 spiro atoms. The van der Waals surface area contributed by atoms with E-state index in [1.165, 1.54) is 11.1 Å². The van der Waals surface area contributed by atoms with Crippen LogP contribution in [0.15, 0.2) is 60.7 Å². The van der Waals surface area contributed by atoms with Gasteiger partial charge in [-0.15, -0.1) is 0 Å². The number of hydrogen-bond donors (Lipinski definition) is 1. The average Bonchev–Trinajstić information content (AvgIpc) is 2.73. The second kappa shape index (κ2) is 9.75. The molecule has 1 N–H and O–H groups in total. The molecule has 0 unspecified atom stereocenters. The van der Waals surface area contributed by atoms with Gasteiger partial charge in [0, 0.05) is 38.4 Å². The van der Waals surface area contributed by atoms with Crippen molar-refractivity contribution in [1.29, 1.82) is 0 Å². The summed E-state index contributed by atoms with van der Waals surface area (Å²) in [7, 11) is 0. The highest BCUT2D eigenvalue weighted by atomic mass is 16.2. The highest BCUT2D eigenvalue weighted by Gasteiger charge is 2.21. The van der Waals surface area contributed by atoms with Gasteiger partial charge in [0.2, 0.25) is 5.91 Å². The lowest BCUT2D eigenvalue weighted by Crippen LogP contribution is -2.50. The van der Waals surface area contributed by atoms with Crippen LogP contribution < -0.4 is 5.32 Å². The van der Waals surface area contributed by atoms with Crippen LogP contribution in [-0.4, -0.2) is 55.0 Å². The van der Waals surface area contributed by atoms with Gasteiger partial charge in [-0.2, -0.15) is 0 Å². The molecular weight excluding hydrogens is 358 g/mol. The number of para-hydroxylation sites is 1. The van der Waals surface area contributed by atoms with E-state index in [0.29, 0.717) is 6.54 Å². The monoisotopic (exact) mass is 391 g/mol. The number of nitrogens with zero attached hydrogens (tertiary/aromatic N) is 2. The molecule has 0 aliphatic carbocycles. The number of hydrogen-bond acceptors (Lipinski definition) is 3. The van der Waals surface area contributed by atoms with Crippen molar-refractivity contribution in [2.75, 3.05) is 44.6 Å². The predicted molar refractivity (Wildman–Crippen MR) is 122 cm³/mol. The van der Waals surface area contributed by atoms with Crippen molar-refractivity contribution in [3.8, 4) is 0 Å². The smallest absolute Gasteiger partial charge is 0.241 e. The molecular formula is C25H33N3O. The summed E-state index contributed by atoms with van der Waals surface area (Å²) in [6.45, 7) is 11.3. The number of anilines is 1. The van der Waals surface area contributed by atoms with Crippen LogP contribution in [0.3, 0.4) is 0 Å². The van der Waals surface area contributed by atoms with Crippen molar-refractivity contribution in [1.82, 2.24) is 9.80 Å². The predicted octanol–water partition coefficient (Wildman–Crippen LogP) is 4.25. The maximum atomic E-state index is 12.7. The van der Waals surface area contributed by atoms with Gasteiger partial charge in [-0.05, 0) is 22.6 Å². The molecule has 29 heavy (non-hydrogen) atoms. The van der Waals surface area contributed by atoms with Crippen molar-refractivity contribution in [3.05, 3.63) is 71.8 Å². The highest BCUT2D eigenvalue weighted by molar-refractivity contribution is 5.81. The Morgan fingerprint density at radius 2 is 1.62 bits per heavy atom. The Hall–Kier alpha value is -2.59. The second-order valence-corrected chi connectivity index (χ2v) is 8.64. The molecule has 4 heteroatoms. The summed E-state index contributed by atoms with van der Waals surface area (Å²) in [6, 6.07) is 18.6. The molecule has 0 atom stereocenters. The first kappa shape index (κ1) is 21.1. The van der Waals surface area contributed by atoms with E-state index in [2.05, 4.69) is 85.6 Å². The van der Waals surface area contributed by atoms with Gasteiger partial charge in [-0.1, -0.05) is 81.5 Å². The van der Waals surface area contributed by atoms with Gasteiger partial charge >= 0.3 is 0 Å². The van der Waals surface area contributed by atoms with E-state index in [0.717, 1.165) is 38.4 Å². The summed E-state index contributed by atoms with van der Waals surface area (Å²) < 4.78 is 0. The third kappa shape index (κ3) is 6.20. The van der Waals surface area contributed by atoms with E-state index in [1.54, 1.807) is 0 Å². The molecule has 1 fully saturated rings. The zero-order valence-corrected chi connectivity index (χ0v) is 17.9. The molecule has 3 rings (SSSR count). The minimum absolute atomic E-state index is 0.0472. The summed E-state index contributed by atoms with van der Waals surface area (Å²) in [5.74, 6) is 0.174. The second-order valence-electron chi connectivity index (χ2n) is 8.64. The number of carbonyl (C=O) groups excluding carboxylic acids is 1. The van der Waals surface area contributed by atoms with Crippen LogP contribution in [0, 0.1) is 0 Å². The van der Waals surface area contributed by atoms with Crippen LogP contribution in [0.2, 0.25) is 0 Å². The number of amides is 1. The van der Waals surface area contributed by atoms with Gasteiger partial charge in [0.05, 0.1) is 6.54 Å². The molecule has 1 amide bonds. The van der Waals surface area contributed by atoms with Gasteiger partial charge < -0.3 is 10.2 Å². The Balaban J connectivity index is 1.44. The number of nitrogens with one attached hydrogen (secondary N) is 1. The molecule has 1 heterocycles. The molecule has 1 saturated heterocycles. The first-order valence-electron chi connectivity index (χ1n) is 10.5. The largest absolute Gasteiger partial charge is 0.376 e. The van der Waals surface area contributed by atoms with Gasteiger partial charge in [0.25, 0.3) is 0 Å². The number of piperazine rings is 1. The quantitative estimate of drug-likeness (QED) is 0.799. The fraction of sp³-hybridized carbons (Fsp3) is 0.400. The number of benzene rings is 2. The van der Waals surface area contributed by atoms with Gasteiger partial charge in [0.1, 0.15) is 0 Å². The first-order chi connectivity index (χ1) is 13.9. The molecule has 4 nitrogen and oxygen atoms in total. The summed E-state index contributed by atoms with van der Waals surface area (Å²) >= 11 is 0.